The van der Waals surface area contributed by atoms with E-state index in [4.69, 9.17) is 5.11 Å². The van der Waals surface area contributed by atoms with Crippen molar-refractivity contribution in [1.82, 2.24) is 10.3 Å². The Morgan fingerprint density at radius 2 is 1.62 bits per heavy atom. The standard InChI is InChI=1S/C19H16N2O5/c22-17(11-5-7-12(8-6-11)18(23)24)21-16(19(25)26)9-13-10-20-15-4-2-1-3-14(13)15/h1-8,10,16,20H,9H2,(H,21,22)(H,23,24)(H,25,26)/t16-/m0/s1. The summed E-state index contributed by atoms with van der Waals surface area (Å²) < 4.78 is 0. The fourth-order valence-corrected chi connectivity index (χ4v) is 2.73. The Morgan fingerprint density at radius 1 is 0.962 bits per heavy atom. The van der Waals surface area contributed by atoms with E-state index in [0.29, 0.717) is 0 Å². The van der Waals surface area contributed by atoms with Crippen LogP contribution in [0, 0.1) is 0 Å². The smallest absolute Gasteiger partial charge is 0.335 e. The van der Waals surface area contributed by atoms with Gasteiger partial charge in [0.2, 0.25) is 0 Å². The molecule has 0 radical (unpaired) electrons. The van der Waals surface area contributed by atoms with Crippen molar-refractivity contribution < 1.29 is 24.6 Å². The fourth-order valence-electron chi connectivity index (χ4n) is 2.73. The number of carbonyl (C=O) groups is 3. The summed E-state index contributed by atoms with van der Waals surface area (Å²) in [4.78, 5) is 37.8. The molecular formula is C19H16N2O5. The number of rotatable bonds is 6. The molecule has 7 nitrogen and oxygen atoms in total. The second-order valence-corrected chi connectivity index (χ2v) is 5.81. The van der Waals surface area contributed by atoms with Gasteiger partial charge in [-0.3, -0.25) is 4.79 Å². The number of carboxylic acids is 2. The Hall–Kier alpha value is -3.61. The number of para-hydroxylation sites is 1. The summed E-state index contributed by atoms with van der Waals surface area (Å²) >= 11 is 0. The van der Waals surface area contributed by atoms with Crippen molar-refractivity contribution in [3.63, 3.8) is 0 Å². The molecule has 0 spiro atoms. The van der Waals surface area contributed by atoms with Gasteiger partial charge in [0, 0.05) is 29.1 Å². The van der Waals surface area contributed by atoms with E-state index in [-0.39, 0.29) is 17.5 Å². The summed E-state index contributed by atoms with van der Waals surface area (Å²) in [5.41, 5.74) is 1.92. The molecule has 2 aromatic carbocycles. The van der Waals surface area contributed by atoms with E-state index in [9.17, 15) is 19.5 Å². The molecule has 1 atom stereocenters. The van der Waals surface area contributed by atoms with E-state index in [0.717, 1.165) is 16.5 Å². The minimum Gasteiger partial charge on any atom is -0.480 e. The summed E-state index contributed by atoms with van der Waals surface area (Å²) in [5.74, 6) is -2.82. The molecule has 26 heavy (non-hydrogen) atoms. The van der Waals surface area contributed by atoms with Gasteiger partial charge in [-0.1, -0.05) is 18.2 Å². The number of aliphatic carboxylic acids is 1. The maximum Gasteiger partial charge on any atom is 0.335 e. The van der Waals surface area contributed by atoms with Gasteiger partial charge in [0.15, 0.2) is 0 Å². The predicted molar refractivity (Wildman–Crippen MR) is 94.3 cm³/mol. The lowest BCUT2D eigenvalue weighted by molar-refractivity contribution is -0.139. The number of fused-ring (bicyclic) bond motifs is 1. The third-order valence-electron chi connectivity index (χ3n) is 4.10. The van der Waals surface area contributed by atoms with Crippen LogP contribution in [-0.4, -0.2) is 39.1 Å². The molecule has 0 saturated heterocycles. The Bertz CT molecular complexity index is 975. The lowest BCUT2D eigenvalue weighted by Crippen LogP contribution is -2.42. The van der Waals surface area contributed by atoms with E-state index in [2.05, 4.69) is 10.3 Å². The topological polar surface area (TPSA) is 119 Å². The summed E-state index contributed by atoms with van der Waals surface area (Å²) in [6.45, 7) is 0. The van der Waals surface area contributed by atoms with E-state index >= 15 is 0 Å². The van der Waals surface area contributed by atoms with Crippen molar-refractivity contribution in [2.75, 3.05) is 0 Å². The molecule has 0 saturated carbocycles. The number of aromatic amines is 1. The van der Waals surface area contributed by atoms with Crippen LogP contribution < -0.4 is 5.32 Å². The van der Waals surface area contributed by atoms with Gasteiger partial charge in [-0.05, 0) is 35.9 Å². The molecule has 0 aliphatic carbocycles. The number of aromatic nitrogens is 1. The zero-order valence-electron chi connectivity index (χ0n) is 13.6. The first-order valence-corrected chi connectivity index (χ1v) is 7.87. The number of nitrogens with one attached hydrogen (secondary N) is 2. The van der Waals surface area contributed by atoms with E-state index in [1.165, 1.54) is 24.3 Å². The summed E-state index contributed by atoms with van der Waals surface area (Å²) in [5, 5.41) is 21.7. The molecule has 3 rings (SSSR count). The highest BCUT2D eigenvalue weighted by atomic mass is 16.4. The van der Waals surface area contributed by atoms with E-state index < -0.39 is 23.9 Å². The van der Waals surface area contributed by atoms with Gasteiger partial charge in [-0.2, -0.15) is 0 Å². The second kappa shape index (κ2) is 7.10. The van der Waals surface area contributed by atoms with Crippen LogP contribution in [-0.2, 0) is 11.2 Å². The van der Waals surface area contributed by atoms with Gasteiger partial charge in [-0.25, -0.2) is 9.59 Å². The van der Waals surface area contributed by atoms with Crippen LogP contribution in [0.15, 0.2) is 54.7 Å². The molecule has 0 bridgehead atoms. The lowest BCUT2D eigenvalue weighted by atomic mass is 10.0. The highest BCUT2D eigenvalue weighted by Crippen LogP contribution is 2.19. The van der Waals surface area contributed by atoms with Crippen molar-refractivity contribution in [3.8, 4) is 0 Å². The third-order valence-corrected chi connectivity index (χ3v) is 4.10. The minimum absolute atomic E-state index is 0.0510. The Kier molecular flexibility index (Phi) is 4.70. The van der Waals surface area contributed by atoms with E-state index in [1.807, 2.05) is 24.3 Å². The van der Waals surface area contributed by atoms with Crippen molar-refractivity contribution in [1.29, 1.82) is 0 Å². The van der Waals surface area contributed by atoms with Crippen molar-refractivity contribution >= 4 is 28.7 Å². The minimum atomic E-state index is -1.15. The molecular weight excluding hydrogens is 336 g/mol. The first-order chi connectivity index (χ1) is 12.5. The van der Waals surface area contributed by atoms with Crippen molar-refractivity contribution in [3.05, 3.63) is 71.4 Å². The molecule has 0 fully saturated rings. The summed E-state index contributed by atoms with van der Waals surface area (Å²) in [6, 6.07) is 11.7. The molecule has 0 unspecified atom stereocenters. The van der Waals surface area contributed by atoms with Crippen molar-refractivity contribution in [2.45, 2.75) is 12.5 Å². The van der Waals surface area contributed by atoms with Gasteiger partial charge in [-0.15, -0.1) is 0 Å². The maximum absolute atomic E-state index is 12.3. The predicted octanol–water partition coefficient (Wildman–Crippen LogP) is 2.29. The number of H-pyrrole nitrogens is 1. The van der Waals surface area contributed by atoms with Crippen LogP contribution in [0.25, 0.3) is 10.9 Å². The zero-order chi connectivity index (χ0) is 18.7. The Balaban J connectivity index is 1.77. The Labute approximate surface area is 148 Å². The molecule has 1 amide bonds. The lowest BCUT2D eigenvalue weighted by Gasteiger charge is -2.14. The number of carbonyl (C=O) groups excluding carboxylic acids is 1. The fraction of sp³-hybridized carbons (Fsp3) is 0.105. The maximum atomic E-state index is 12.3. The SMILES string of the molecule is O=C(O)c1ccc(C(=O)N[C@@H](Cc2c[nH]c3ccccc23)C(=O)O)cc1. The third kappa shape index (κ3) is 3.56. The molecule has 132 valence electrons. The average Bonchev–Trinajstić information content (AvgIpc) is 3.04. The quantitative estimate of drug-likeness (QED) is 0.543. The van der Waals surface area contributed by atoms with Crippen LogP contribution >= 0.6 is 0 Å². The second-order valence-electron chi connectivity index (χ2n) is 5.81. The van der Waals surface area contributed by atoms with Gasteiger partial charge in [0.1, 0.15) is 6.04 Å². The summed E-state index contributed by atoms with van der Waals surface area (Å²) in [6.07, 6.45) is 1.85. The first kappa shape index (κ1) is 17.2. The van der Waals surface area contributed by atoms with Crippen LogP contribution in [0.5, 0.6) is 0 Å². The number of carboxylic acid groups (broad SMARTS) is 2. The molecule has 1 heterocycles. The zero-order valence-corrected chi connectivity index (χ0v) is 13.6. The molecule has 1 aromatic heterocycles. The largest absolute Gasteiger partial charge is 0.480 e. The molecule has 0 aliphatic heterocycles. The van der Waals surface area contributed by atoms with Crippen LogP contribution in [0.1, 0.15) is 26.3 Å². The average molecular weight is 352 g/mol. The molecule has 4 N–H and O–H groups in total. The summed E-state index contributed by atoms with van der Waals surface area (Å²) in [7, 11) is 0. The highest BCUT2D eigenvalue weighted by Gasteiger charge is 2.22. The van der Waals surface area contributed by atoms with Gasteiger partial charge in [0.25, 0.3) is 5.91 Å². The number of hydrogen-bond donors (Lipinski definition) is 4. The van der Waals surface area contributed by atoms with Crippen molar-refractivity contribution in [2.24, 2.45) is 0 Å². The Morgan fingerprint density at radius 3 is 2.27 bits per heavy atom. The van der Waals surface area contributed by atoms with Crippen LogP contribution in [0.3, 0.4) is 0 Å². The number of hydrogen-bond acceptors (Lipinski definition) is 3. The van der Waals surface area contributed by atoms with Gasteiger partial charge < -0.3 is 20.5 Å². The molecule has 7 heteroatoms. The van der Waals surface area contributed by atoms with Gasteiger partial charge >= 0.3 is 11.9 Å². The number of aromatic carboxylic acids is 1. The number of benzene rings is 2. The van der Waals surface area contributed by atoms with E-state index in [1.54, 1.807) is 6.20 Å². The normalized spacial score (nSPS) is 11.8. The highest BCUT2D eigenvalue weighted by molar-refractivity contribution is 5.98. The van der Waals surface area contributed by atoms with Crippen LogP contribution in [0.4, 0.5) is 0 Å². The number of amides is 1. The monoisotopic (exact) mass is 352 g/mol. The molecule has 0 aliphatic rings. The molecule has 3 aromatic rings. The first-order valence-electron chi connectivity index (χ1n) is 7.87. The van der Waals surface area contributed by atoms with Crippen LogP contribution in [0.2, 0.25) is 0 Å². The van der Waals surface area contributed by atoms with Gasteiger partial charge in [0.05, 0.1) is 5.56 Å².